The first-order valence-electron chi connectivity index (χ1n) is 10.6. The van der Waals surface area contributed by atoms with Crippen molar-refractivity contribution in [2.45, 2.75) is 50.5 Å². The number of nitrogens with zero attached hydrogens (tertiary/aromatic N) is 3. The van der Waals surface area contributed by atoms with Gasteiger partial charge in [-0.15, -0.1) is 0 Å². The van der Waals surface area contributed by atoms with Gasteiger partial charge in [-0.25, -0.2) is 4.98 Å². The molecule has 0 aromatic carbocycles. The number of morpholine rings is 1. The Morgan fingerprint density at radius 3 is 2.56 bits per heavy atom. The van der Waals surface area contributed by atoms with Crippen LogP contribution < -0.4 is 10.2 Å². The van der Waals surface area contributed by atoms with Crippen molar-refractivity contribution in [3.63, 3.8) is 0 Å². The summed E-state index contributed by atoms with van der Waals surface area (Å²) in [5.74, 6) is 0.861. The van der Waals surface area contributed by atoms with Crippen LogP contribution in [0.5, 0.6) is 0 Å². The molecule has 1 saturated carbocycles. The lowest BCUT2D eigenvalue weighted by Gasteiger charge is -2.48. The Kier molecular flexibility index (Phi) is 5.93. The fraction of sp³-hybridized carbons (Fsp3) is 0.714. The van der Waals surface area contributed by atoms with Gasteiger partial charge in [-0.1, -0.05) is 19.3 Å². The van der Waals surface area contributed by atoms with E-state index in [2.05, 4.69) is 20.1 Å². The fourth-order valence-corrected chi connectivity index (χ4v) is 4.95. The molecule has 148 valence electrons. The van der Waals surface area contributed by atoms with E-state index in [1.54, 1.807) is 6.20 Å². The first-order chi connectivity index (χ1) is 13.3. The number of aromatic nitrogens is 1. The van der Waals surface area contributed by atoms with E-state index in [9.17, 15) is 4.79 Å². The first-order valence-corrected chi connectivity index (χ1v) is 10.6. The van der Waals surface area contributed by atoms with Crippen molar-refractivity contribution in [3.05, 3.63) is 23.9 Å². The van der Waals surface area contributed by atoms with Crippen LogP contribution in [0.3, 0.4) is 0 Å². The molecule has 3 aliphatic rings. The van der Waals surface area contributed by atoms with Gasteiger partial charge in [0.25, 0.3) is 5.91 Å². The number of rotatable bonds is 5. The number of nitrogens with one attached hydrogen (secondary N) is 1. The predicted octanol–water partition coefficient (Wildman–Crippen LogP) is 2.45. The third-order valence-electron chi connectivity index (χ3n) is 6.48. The molecule has 0 bridgehead atoms. The number of hydrogen-bond acceptors (Lipinski definition) is 5. The molecule has 0 radical (unpaired) electrons. The highest BCUT2D eigenvalue weighted by atomic mass is 16.5. The summed E-state index contributed by atoms with van der Waals surface area (Å²) < 4.78 is 5.56. The van der Waals surface area contributed by atoms with Crippen molar-refractivity contribution in [1.82, 2.24) is 15.2 Å². The summed E-state index contributed by atoms with van der Waals surface area (Å²) in [6.07, 6.45) is 10.3. The molecule has 27 heavy (non-hydrogen) atoms. The van der Waals surface area contributed by atoms with Gasteiger partial charge in [-0.3, -0.25) is 9.69 Å². The van der Waals surface area contributed by atoms with E-state index in [1.165, 1.54) is 44.9 Å². The average Bonchev–Trinajstić information content (AvgIpc) is 3.28. The minimum Gasteiger partial charge on any atom is -0.379 e. The summed E-state index contributed by atoms with van der Waals surface area (Å²) in [6, 6.07) is 3.78. The van der Waals surface area contributed by atoms with Crippen LogP contribution in [-0.4, -0.2) is 67.3 Å². The Labute approximate surface area is 162 Å². The Morgan fingerprint density at radius 2 is 1.81 bits per heavy atom. The normalized spacial score (nSPS) is 23.3. The Morgan fingerprint density at radius 1 is 1.07 bits per heavy atom. The molecule has 4 rings (SSSR count). The molecule has 1 aliphatic carbocycles. The molecule has 2 saturated heterocycles. The van der Waals surface area contributed by atoms with Crippen LogP contribution in [0.2, 0.25) is 0 Å². The smallest absolute Gasteiger partial charge is 0.255 e. The van der Waals surface area contributed by atoms with E-state index in [0.717, 1.165) is 51.8 Å². The van der Waals surface area contributed by atoms with Crippen molar-refractivity contribution in [2.24, 2.45) is 0 Å². The number of carbonyl (C=O) groups is 1. The van der Waals surface area contributed by atoms with Gasteiger partial charge in [0.2, 0.25) is 0 Å². The minimum atomic E-state index is 0.0169. The monoisotopic (exact) mass is 372 g/mol. The van der Waals surface area contributed by atoms with Crippen molar-refractivity contribution in [2.75, 3.05) is 50.8 Å². The third kappa shape index (κ3) is 4.11. The van der Waals surface area contributed by atoms with E-state index in [1.807, 2.05) is 12.1 Å². The molecule has 1 aromatic heterocycles. The van der Waals surface area contributed by atoms with Gasteiger partial charge in [-0.2, -0.15) is 0 Å². The Bertz CT molecular complexity index is 633. The van der Waals surface area contributed by atoms with Gasteiger partial charge in [-0.05, 0) is 37.8 Å². The van der Waals surface area contributed by atoms with Crippen molar-refractivity contribution in [3.8, 4) is 0 Å². The fourth-order valence-electron chi connectivity index (χ4n) is 4.95. The van der Waals surface area contributed by atoms with Crippen LogP contribution in [0.25, 0.3) is 0 Å². The molecule has 2 aliphatic heterocycles. The van der Waals surface area contributed by atoms with Gasteiger partial charge >= 0.3 is 0 Å². The molecular weight excluding hydrogens is 340 g/mol. The summed E-state index contributed by atoms with van der Waals surface area (Å²) in [5, 5.41) is 3.28. The molecule has 0 atom stereocenters. The van der Waals surface area contributed by atoms with Gasteiger partial charge in [0, 0.05) is 44.5 Å². The minimum absolute atomic E-state index is 0.0169. The number of pyridine rings is 1. The zero-order valence-corrected chi connectivity index (χ0v) is 16.3. The quantitative estimate of drug-likeness (QED) is 0.860. The molecule has 1 N–H and O–H groups in total. The number of amides is 1. The van der Waals surface area contributed by atoms with E-state index in [4.69, 9.17) is 4.74 Å². The number of hydrogen-bond donors (Lipinski definition) is 1. The molecule has 6 nitrogen and oxygen atoms in total. The maximum absolute atomic E-state index is 13.1. The Balaban J connectivity index is 1.47. The van der Waals surface area contributed by atoms with E-state index < -0.39 is 0 Å². The van der Waals surface area contributed by atoms with Gasteiger partial charge in [0.05, 0.1) is 18.8 Å². The maximum Gasteiger partial charge on any atom is 0.255 e. The maximum atomic E-state index is 13.1. The van der Waals surface area contributed by atoms with Crippen LogP contribution in [0.4, 0.5) is 5.82 Å². The molecule has 0 spiro atoms. The third-order valence-corrected chi connectivity index (χ3v) is 6.48. The van der Waals surface area contributed by atoms with Crippen LogP contribution in [0.15, 0.2) is 18.3 Å². The van der Waals surface area contributed by atoms with Crippen LogP contribution in [0, 0.1) is 0 Å². The van der Waals surface area contributed by atoms with E-state index >= 15 is 0 Å². The zero-order valence-electron chi connectivity index (χ0n) is 16.3. The molecular formula is C21H32N4O2. The van der Waals surface area contributed by atoms with Crippen molar-refractivity contribution < 1.29 is 9.53 Å². The average molecular weight is 373 g/mol. The standard InChI is InChI=1S/C21H32N4O2/c26-20(18-7-6-10-22-19(18)24-11-4-5-12-24)23-17-21(8-2-1-3-9-21)25-13-15-27-16-14-25/h6-7,10H,1-5,8-9,11-17H2,(H,23,26). The lowest BCUT2D eigenvalue weighted by Crippen LogP contribution is -2.59. The highest BCUT2D eigenvalue weighted by molar-refractivity contribution is 5.99. The second-order valence-electron chi connectivity index (χ2n) is 8.14. The highest BCUT2D eigenvalue weighted by Crippen LogP contribution is 2.34. The van der Waals surface area contributed by atoms with Gasteiger partial charge in [0.1, 0.15) is 5.82 Å². The number of anilines is 1. The lowest BCUT2D eigenvalue weighted by atomic mass is 9.79. The summed E-state index contributed by atoms with van der Waals surface area (Å²) in [4.78, 5) is 22.4. The van der Waals surface area contributed by atoms with Gasteiger partial charge in [0.15, 0.2) is 0 Å². The van der Waals surface area contributed by atoms with E-state index in [-0.39, 0.29) is 11.4 Å². The van der Waals surface area contributed by atoms with Crippen LogP contribution in [0.1, 0.15) is 55.3 Å². The molecule has 0 unspecified atom stereocenters. The molecule has 6 heteroatoms. The second-order valence-corrected chi connectivity index (χ2v) is 8.14. The number of ether oxygens (including phenoxy) is 1. The molecule has 1 aromatic rings. The highest BCUT2D eigenvalue weighted by Gasteiger charge is 2.39. The van der Waals surface area contributed by atoms with E-state index in [0.29, 0.717) is 5.56 Å². The topological polar surface area (TPSA) is 57.7 Å². The molecule has 1 amide bonds. The molecule has 3 heterocycles. The summed E-state index contributed by atoms with van der Waals surface area (Å²) in [5.41, 5.74) is 0.806. The largest absolute Gasteiger partial charge is 0.379 e. The number of carbonyl (C=O) groups excluding carboxylic acids is 1. The second kappa shape index (κ2) is 8.57. The van der Waals surface area contributed by atoms with Crippen LogP contribution in [-0.2, 0) is 4.74 Å². The SMILES string of the molecule is O=C(NCC1(N2CCOCC2)CCCCC1)c1cccnc1N1CCCC1. The van der Waals surface area contributed by atoms with Crippen molar-refractivity contribution in [1.29, 1.82) is 0 Å². The predicted molar refractivity (Wildman–Crippen MR) is 106 cm³/mol. The first kappa shape index (κ1) is 18.7. The summed E-state index contributed by atoms with van der Waals surface area (Å²) >= 11 is 0. The van der Waals surface area contributed by atoms with Crippen LogP contribution >= 0.6 is 0 Å². The zero-order chi connectivity index (χ0) is 18.5. The Hall–Kier alpha value is -1.66. The summed E-state index contributed by atoms with van der Waals surface area (Å²) in [6.45, 7) is 6.27. The molecule has 3 fully saturated rings. The van der Waals surface area contributed by atoms with Gasteiger partial charge < -0.3 is 15.0 Å². The van der Waals surface area contributed by atoms with Crippen molar-refractivity contribution >= 4 is 11.7 Å². The lowest BCUT2D eigenvalue weighted by molar-refractivity contribution is -0.0361. The summed E-state index contributed by atoms with van der Waals surface area (Å²) in [7, 11) is 0.